The van der Waals surface area contributed by atoms with Gasteiger partial charge < -0.3 is 4.74 Å². The number of aryl methyl sites for hydroxylation is 2. The zero-order valence-electron chi connectivity index (χ0n) is 11.6. The van der Waals surface area contributed by atoms with Crippen LogP contribution in [0.2, 0.25) is 0 Å². The molecule has 0 bridgehead atoms. The van der Waals surface area contributed by atoms with E-state index in [2.05, 4.69) is 37.9 Å². The standard InChI is InChI=1S/C15H19NOS/c1-9(2)12-6-7-14(17-5)13(8-12)15-16-10(3)11(4)18-15/h6-9H,1-5H3. The van der Waals surface area contributed by atoms with Crippen molar-refractivity contribution in [2.24, 2.45) is 0 Å². The highest BCUT2D eigenvalue weighted by Crippen LogP contribution is 2.36. The molecule has 96 valence electrons. The second-order valence-electron chi connectivity index (χ2n) is 4.78. The van der Waals surface area contributed by atoms with Crippen LogP contribution in [0.5, 0.6) is 5.75 Å². The number of hydrogen-bond acceptors (Lipinski definition) is 3. The van der Waals surface area contributed by atoms with Crippen LogP contribution >= 0.6 is 11.3 Å². The summed E-state index contributed by atoms with van der Waals surface area (Å²) in [5.41, 5.74) is 3.52. The molecule has 0 saturated carbocycles. The van der Waals surface area contributed by atoms with Gasteiger partial charge in [-0.05, 0) is 37.5 Å². The monoisotopic (exact) mass is 261 g/mol. The second-order valence-corrected chi connectivity index (χ2v) is 5.98. The lowest BCUT2D eigenvalue weighted by molar-refractivity contribution is 0.416. The number of nitrogens with zero attached hydrogens (tertiary/aromatic N) is 1. The summed E-state index contributed by atoms with van der Waals surface area (Å²) in [4.78, 5) is 5.89. The average Bonchev–Trinajstić information content (AvgIpc) is 2.68. The molecular formula is C15H19NOS. The molecule has 0 atom stereocenters. The van der Waals surface area contributed by atoms with Gasteiger partial charge in [-0.3, -0.25) is 0 Å². The molecule has 18 heavy (non-hydrogen) atoms. The minimum absolute atomic E-state index is 0.511. The van der Waals surface area contributed by atoms with Crippen molar-refractivity contribution in [3.05, 3.63) is 34.3 Å². The molecule has 0 spiro atoms. The van der Waals surface area contributed by atoms with Crippen molar-refractivity contribution in [2.45, 2.75) is 33.6 Å². The molecule has 1 heterocycles. The van der Waals surface area contributed by atoms with Crippen molar-refractivity contribution in [3.63, 3.8) is 0 Å². The van der Waals surface area contributed by atoms with Crippen molar-refractivity contribution in [1.82, 2.24) is 4.98 Å². The minimum Gasteiger partial charge on any atom is -0.496 e. The molecule has 0 unspecified atom stereocenters. The predicted octanol–water partition coefficient (Wildman–Crippen LogP) is 4.56. The highest BCUT2D eigenvalue weighted by atomic mass is 32.1. The Balaban J connectivity index is 2.56. The Bertz CT molecular complexity index is 538. The highest BCUT2D eigenvalue weighted by Gasteiger charge is 2.13. The van der Waals surface area contributed by atoms with Crippen LogP contribution in [-0.2, 0) is 0 Å². The Morgan fingerprint density at radius 2 is 1.94 bits per heavy atom. The fourth-order valence-electron chi connectivity index (χ4n) is 1.84. The maximum Gasteiger partial charge on any atom is 0.129 e. The molecule has 0 aliphatic heterocycles. The van der Waals surface area contributed by atoms with Crippen LogP contribution < -0.4 is 4.74 Å². The molecule has 0 aliphatic carbocycles. The SMILES string of the molecule is COc1ccc(C(C)C)cc1-c1nc(C)c(C)s1. The van der Waals surface area contributed by atoms with Crippen LogP contribution in [-0.4, -0.2) is 12.1 Å². The van der Waals surface area contributed by atoms with Gasteiger partial charge in [0.25, 0.3) is 0 Å². The van der Waals surface area contributed by atoms with Crippen molar-refractivity contribution >= 4 is 11.3 Å². The molecular weight excluding hydrogens is 242 g/mol. The molecule has 2 nitrogen and oxygen atoms in total. The highest BCUT2D eigenvalue weighted by molar-refractivity contribution is 7.15. The van der Waals surface area contributed by atoms with Crippen LogP contribution in [0.1, 0.15) is 35.9 Å². The number of hydrogen-bond donors (Lipinski definition) is 0. The lowest BCUT2D eigenvalue weighted by Crippen LogP contribution is -1.92. The van der Waals surface area contributed by atoms with Crippen LogP contribution in [0.25, 0.3) is 10.6 Å². The summed E-state index contributed by atoms with van der Waals surface area (Å²) >= 11 is 1.73. The van der Waals surface area contributed by atoms with Gasteiger partial charge in [-0.15, -0.1) is 11.3 Å². The molecule has 0 saturated heterocycles. The van der Waals surface area contributed by atoms with Gasteiger partial charge >= 0.3 is 0 Å². The van der Waals surface area contributed by atoms with Gasteiger partial charge in [0.2, 0.25) is 0 Å². The molecule has 0 aliphatic rings. The third kappa shape index (κ3) is 2.41. The number of ether oxygens (including phenoxy) is 1. The summed E-state index contributed by atoms with van der Waals surface area (Å²) in [6.07, 6.45) is 0. The lowest BCUT2D eigenvalue weighted by Gasteiger charge is -2.11. The van der Waals surface area contributed by atoms with Gasteiger partial charge in [-0.1, -0.05) is 19.9 Å². The van der Waals surface area contributed by atoms with E-state index < -0.39 is 0 Å². The number of rotatable bonds is 3. The maximum absolute atomic E-state index is 5.45. The van der Waals surface area contributed by atoms with E-state index in [1.165, 1.54) is 10.4 Å². The van der Waals surface area contributed by atoms with Crippen molar-refractivity contribution in [3.8, 4) is 16.3 Å². The zero-order valence-corrected chi connectivity index (χ0v) is 12.4. The first-order valence-corrected chi connectivity index (χ1v) is 6.97. The molecule has 0 fully saturated rings. The van der Waals surface area contributed by atoms with E-state index in [4.69, 9.17) is 4.74 Å². The summed E-state index contributed by atoms with van der Waals surface area (Å²) in [7, 11) is 1.71. The Kier molecular flexibility index (Phi) is 3.71. The molecule has 3 heteroatoms. The van der Waals surface area contributed by atoms with E-state index in [1.807, 2.05) is 13.0 Å². The summed E-state index contributed by atoms with van der Waals surface area (Å²) in [6, 6.07) is 6.36. The largest absolute Gasteiger partial charge is 0.496 e. The summed E-state index contributed by atoms with van der Waals surface area (Å²) in [6.45, 7) is 8.55. The summed E-state index contributed by atoms with van der Waals surface area (Å²) < 4.78 is 5.45. The number of methoxy groups -OCH3 is 1. The topological polar surface area (TPSA) is 22.1 Å². The molecule has 0 amide bonds. The Morgan fingerprint density at radius 1 is 1.22 bits per heavy atom. The number of thiazole rings is 1. The average molecular weight is 261 g/mol. The van der Waals surface area contributed by atoms with E-state index in [1.54, 1.807) is 18.4 Å². The van der Waals surface area contributed by atoms with Gasteiger partial charge in [0.15, 0.2) is 0 Å². The van der Waals surface area contributed by atoms with Gasteiger partial charge in [0.05, 0.1) is 18.4 Å². The van der Waals surface area contributed by atoms with Gasteiger partial charge in [-0.25, -0.2) is 4.98 Å². The van der Waals surface area contributed by atoms with E-state index in [0.29, 0.717) is 5.92 Å². The molecule has 0 radical (unpaired) electrons. The van der Waals surface area contributed by atoms with Gasteiger partial charge in [0.1, 0.15) is 10.8 Å². The van der Waals surface area contributed by atoms with Crippen molar-refractivity contribution in [1.29, 1.82) is 0 Å². The van der Waals surface area contributed by atoms with Crippen LogP contribution in [0.4, 0.5) is 0 Å². The molecule has 1 aromatic heterocycles. The van der Waals surface area contributed by atoms with Gasteiger partial charge in [-0.2, -0.15) is 0 Å². The second kappa shape index (κ2) is 5.11. The molecule has 2 aromatic rings. The molecule has 1 aromatic carbocycles. The summed E-state index contributed by atoms with van der Waals surface area (Å²) in [5, 5.41) is 1.05. The lowest BCUT2D eigenvalue weighted by atomic mass is 10.0. The fraction of sp³-hybridized carbons (Fsp3) is 0.400. The Labute approximate surface area is 113 Å². The Morgan fingerprint density at radius 3 is 2.44 bits per heavy atom. The van der Waals surface area contributed by atoms with Crippen LogP contribution in [0.15, 0.2) is 18.2 Å². The fourth-order valence-corrected chi connectivity index (χ4v) is 2.78. The quantitative estimate of drug-likeness (QED) is 0.808. The van der Waals surface area contributed by atoms with Crippen LogP contribution in [0, 0.1) is 13.8 Å². The summed E-state index contributed by atoms with van der Waals surface area (Å²) in [5.74, 6) is 1.41. The van der Waals surface area contributed by atoms with E-state index in [-0.39, 0.29) is 0 Å². The first-order valence-electron chi connectivity index (χ1n) is 6.15. The maximum atomic E-state index is 5.45. The first-order chi connectivity index (χ1) is 8.52. The van der Waals surface area contributed by atoms with E-state index in [9.17, 15) is 0 Å². The van der Waals surface area contributed by atoms with E-state index in [0.717, 1.165) is 22.0 Å². The number of benzene rings is 1. The normalized spacial score (nSPS) is 11.0. The van der Waals surface area contributed by atoms with Gasteiger partial charge in [0, 0.05) is 4.88 Å². The molecule has 0 N–H and O–H groups in total. The Hall–Kier alpha value is -1.35. The first kappa shape index (κ1) is 13.1. The van der Waals surface area contributed by atoms with Crippen LogP contribution in [0.3, 0.4) is 0 Å². The zero-order chi connectivity index (χ0) is 13.3. The minimum atomic E-state index is 0.511. The third-order valence-corrected chi connectivity index (χ3v) is 4.26. The third-order valence-electron chi connectivity index (χ3n) is 3.15. The smallest absolute Gasteiger partial charge is 0.129 e. The predicted molar refractivity (Wildman–Crippen MR) is 77.7 cm³/mol. The van der Waals surface area contributed by atoms with E-state index >= 15 is 0 Å². The van der Waals surface area contributed by atoms with Crippen molar-refractivity contribution in [2.75, 3.05) is 7.11 Å². The number of aromatic nitrogens is 1. The van der Waals surface area contributed by atoms with Crippen molar-refractivity contribution < 1.29 is 4.74 Å². The molecule has 2 rings (SSSR count).